The van der Waals surface area contributed by atoms with Gasteiger partial charge in [-0.25, -0.2) is 13.5 Å². The maximum atomic E-state index is 14.8. The molecule has 1 aliphatic carbocycles. The lowest BCUT2D eigenvalue weighted by atomic mass is 9.89. The second-order valence-corrected chi connectivity index (χ2v) is 20.3. The Kier molecular flexibility index (Phi) is 14.0. The van der Waals surface area contributed by atoms with Crippen LogP contribution in [0.25, 0.3) is 11.1 Å². The first kappa shape index (κ1) is 44.8. The number of amides is 1. The van der Waals surface area contributed by atoms with Crippen LogP contribution in [0, 0.1) is 24.2 Å². The highest BCUT2D eigenvalue weighted by Crippen LogP contribution is 2.42. The standard InChI is InChI=1S/C51H49Cl2N5O5S2/c1-32-50(64-51(57-32)56-28-35-5-3-2-4-6-35)65(60)58-29-41-26-47-46(62-31-48(63-47)39-16-18-42(19-17-39)61-30-36-11-20-43(52)44(53)23-36)25-40(41)24-45(58)49(59)55-22-21-33-7-12-37(13-8-33)38-14-9-34(27-54)10-15-38/h7-20,23,25-26,35,45,48H,2-6,21-22,24,28-31H2,1H3,(H,55,59)(H,56,57). The number of nitrogens with one attached hydrogen (secondary N) is 2. The van der Waals surface area contributed by atoms with E-state index >= 15 is 0 Å². The van der Waals surface area contributed by atoms with Gasteiger partial charge in [0.15, 0.2) is 22.7 Å². The van der Waals surface area contributed by atoms with Gasteiger partial charge in [-0.1, -0.05) is 108 Å². The lowest BCUT2D eigenvalue weighted by Gasteiger charge is -2.36. The molecule has 0 spiro atoms. The second-order valence-electron chi connectivity index (χ2n) is 16.8. The van der Waals surface area contributed by atoms with Gasteiger partial charge >= 0.3 is 0 Å². The molecule has 1 amide bonds. The van der Waals surface area contributed by atoms with Crippen LogP contribution in [-0.4, -0.2) is 45.1 Å². The Balaban J connectivity index is 0.894. The SMILES string of the molecule is Cc1nc(NCC2CCCCC2)sc1S(=O)N1Cc2cc3c(cc2CC1C(=O)NCCc1ccc(-c2ccc(C#N)cc2)cc1)OCC(c1ccc(OCc2ccc(Cl)c(Cl)c2)cc1)O3. The molecule has 0 saturated heterocycles. The number of rotatable bonds is 14. The Labute approximate surface area is 396 Å². The highest BCUT2D eigenvalue weighted by Gasteiger charge is 2.38. The predicted molar refractivity (Wildman–Crippen MR) is 257 cm³/mol. The van der Waals surface area contributed by atoms with E-state index in [1.54, 1.807) is 16.4 Å². The van der Waals surface area contributed by atoms with Gasteiger partial charge < -0.3 is 24.8 Å². The number of aromatic nitrogens is 1. The van der Waals surface area contributed by atoms with Crippen LogP contribution in [0.2, 0.25) is 10.0 Å². The first-order chi connectivity index (χ1) is 31.7. The van der Waals surface area contributed by atoms with Crippen LogP contribution in [0.3, 0.4) is 0 Å². The van der Waals surface area contributed by atoms with Gasteiger partial charge in [0.2, 0.25) is 5.91 Å². The molecule has 0 radical (unpaired) electrons. The summed E-state index contributed by atoms with van der Waals surface area (Å²) < 4.78 is 36.1. The van der Waals surface area contributed by atoms with Gasteiger partial charge in [-0.05, 0) is 126 Å². The number of halogens is 2. The normalized spacial score (nSPS) is 17.7. The summed E-state index contributed by atoms with van der Waals surface area (Å²) in [5.74, 6) is 2.35. The first-order valence-electron chi connectivity index (χ1n) is 22.1. The molecule has 3 unspecified atom stereocenters. The number of anilines is 1. The number of carbonyl (C=O) groups is 1. The molecule has 10 nitrogen and oxygen atoms in total. The van der Waals surface area contributed by atoms with Gasteiger partial charge in [-0.3, -0.25) is 4.79 Å². The van der Waals surface area contributed by atoms with Crippen molar-refractivity contribution in [2.24, 2.45) is 5.92 Å². The van der Waals surface area contributed by atoms with Crippen LogP contribution in [0.15, 0.2) is 107 Å². The molecule has 6 aromatic rings. The lowest BCUT2D eigenvalue weighted by molar-refractivity contribution is -0.125. The first-order valence-corrected chi connectivity index (χ1v) is 24.7. The minimum Gasteiger partial charge on any atom is -0.489 e. The third kappa shape index (κ3) is 10.7. The van der Waals surface area contributed by atoms with Crippen LogP contribution in [0.5, 0.6) is 17.2 Å². The fourth-order valence-electron chi connectivity index (χ4n) is 8.66. The predicted octanol–water partition coefficient (Wildman–Crippen LogP) is 11.2. The fourth-order valence-corrected chi connectivity index (χ4v) is 11.7. The number of nitriles is 1. The molecule has 334 valence electrons. The summed E-state index contributed by atoms with van der Waals surface area (Å²) in [7, 11) is -1.67. The van der Waals surface area contributed by atoms with E-state index in [2.05, 4.69) is 41.0 Å². The zero-order valence-corrected chi connectivity index (χ0v) is 39.1. The zero-order chi connectivity index (χ0) is 44.9. The van der Waals surface area contributed by atoms with Gasteiger partial charge in [0, 0.05) is 19.6 Å². The highest BCUT2D eigenvalue weighted by molar-refractivity contribution is 7.85. The molecule has 2 aliphatic heterocycles. The smallest absolute Gasteiger partial charge is 0.238 e. The van der Waals surface area contributed by atoms with Gasteiger partial charge in [0.1, 0.15) is 40.2 Å². The van der Waals surface area contributed by atoms with Crippen molar-refractivity contribution in [2.45, 2.75) is 81.4 Å². The minimum atomic E-state index is -1.67. The van der Waals surface area contributed by atoms with E-state index in [1.165, 1.54) is 43.4 Å². The summed E-state index contributed by atoms with van der Waals surface area (Å²) in [6.45, 7) is 4.09. The molecular weight excluding hydrogens is 898 g/mol. The average Bonchev–Trinajstić information content (AvgIpc) is 3.72. The number of fused-ring (bicyclic) bond motifs is 2. The van der Waals surface area contributed by atoms with E-state index in [0.717, 1.165) is 50.6 Å². The number of hydrogen-bond acceptors (Lipinski definition) is 9. The number of nitrogens with zero attached hydrogens (tertiary/aromatic N) is 3. The van der Waals surface area contributed by atoms with Crippen molar-refractivity contribution in [1.29, 1.82) is 5.26 Å². The van der Waals surface area contributed by atoms with Gasteiger partial charge in [0.25, 0.3) is 0 Å². The second kappa shape index (κ2) is 20.4. The van der Waals surface area contributed by atoms with Crippen molar-refractivity contribution in [2.75, 3.05) is 25.0 Å². The van der Waals surface area contributed by atoms with E-state index in [-0.39, 0.29) is 18.6 Å². The number of ether oxygens (including phenoxy) is 3. The van der Waals surface area contributed by atoms with Crippen molar-refractivity contribution < 1.29 is 23.2 Å². The maximum Gasteiger partial charge on any atom is 0.238 e. The summed E-state index contributed by atoms with van der Waals surface area (Å²) in [4.78, 5) is 19.0. The van der Waals surface area contributed by atoms with Gasteiger partial charge in [-0.15, -0.1) is 0 Å². The Hall–Kier alpha value is -5.42. The number of benzene rings is 5. The van der Waals surface area contributed by atoms with Crippen LogP contribution >= 0.6 is 34.5 Å². The monoisotopic (exact) mass is 945 g/mol. The number of carbonyl (C=O) groups excluding carboxylic acids is 1. The molecule has 3 aliphatic rings. The number of thiazole rings is 1. The van der Waals surface area contributed by atoms with E-state index < -0.39 is 17.0 Å². The van der Waals surface area contributed by atoms with Crippen LogP contribution in [0.1, 0.15) is 77.3 Å². The number of hydrogen-bond donors (Lipinski definition) is 2. The van der Waals surface area contributed by atoms with Crippen molar-refractivity contribution in [1.82, 2.24) is 14.6 Å². The van der Waals surface area contributed by atoms with E-state index in [1.807, 2.05) is 73.7 Å². The fraction of sp³-hybridized carbons (Fsp3) is 0.314. The zero-order valence-electron chi connectivity index (χ0n) is 36.0. The molecule has 65 heavy (non-hydrogen) atoms. The van der Waals surface area contributed by atoms with E-state index in [9.17, 15) is 9.00 Å². The molecule has 1 saturated carbocycles. The van der Waals surface area contributed by atoms with Crippen molar-refractivity contribution in [3.63, 3.8) is 0 Å². The molecule has 3 heterocycles. The quantitative estimate of drug-likeness (QED) is 0.111. The summed E-state index contributed by atoms with van der Waals surface area (Å²) >= 11 is 13.7. The topological polar surface area (TPSA) is 126 Å². The summed E-state index contributed by atoms with van der Waals surface area (Å²) in [5.41, 5.74) is 8.22. The molecular formula is C51H49Cl2N5O5S2. The molecule has 5 aromatic carbocycles. The maximum absolute atomic E-state index is 14.8. The highest BCUT2D eigenvalue weighted by atomic mass is 35.5. The minimum absolute atomic E-state index is 0.185. The molecule has 2 N–H and O–H groups in total. The van der Waals surface area contributed by atoms with E-state index in [0.29, 0.717) is 81.3 Å². The Bertz CT molecular complexity index is 2720. The summed E-state index contributed by atoms with van der Waals surface area (Å²) in [5, 5.41) is 17.6. The van der Waals surface area contributed by atoms with Crippen molar-refractivity contribution in [3.05, 3.63) is 152 Å². The molecule has 9 rings (SSSR count). The Morgan fingerprint density at radius 1 is 0.908 bits per heavy atom. The van der Waals surface area contributed by atoms with Crippen LogP contribution in [-0.2, 0) is 41.8 Å². The molecule has 1 aromatic heterocycles. The summed E-state index contributed by atoms with van der Waals surface area (Å²) in [6, 6.07) is 34.3. The Morgan fingerprint density at radius 2 is 1.63 bits per heavy atom. The van der Waals surface area contributed by atoms with E-state index in [4.69, 9.17) is 47.7 Å². The van der Waals surface area contributed by atoms with Crippen LogP contribution in [0.4, 0.5) is 5.13 Å². The van der Waals surface area contributed by atoms with Gasteiger partial charge in [0.05, 0.1) is 27.4 Å². The third-order valence-electron chi connectivity index (χ3n) is 12.4. The van der Waals surface area contributed by atoms with Gasteiger partial charge in [-0.2, -0.15) is 5.26 Å². The van der Waals surface area contributed by atoms with Crippen LogP contribution < -0.4 is 24.8 Å². The lowest BCUT2D eigenvalue weighted by Crippen LogP contribution is -2.51. The van der Waals surface area contributed by atoms with Crippen molar-refractivity contribution >= 4 is 56.6 Å². The molecule has 0 bridgehead atoms. The summed E-state index contributed by atoms with van der Waals surface area (Å²) in [6.07, 6.45) is 6.87. The molecule has 14 heteroatoms. The number of aryl methyl sites for hydroxylation is 1. The third-order valence-corrected chi connectivity index (χ3v) is 16.1. The molecule has 1 fully saturated rings. The largest absolute Gasteiger partial charge is 0.489 e. The molecule has 3 atom stereocenters. The Morgan fingerprint density at radius 3 is 2.37 bits per heavy atom. The average molecular weight is 947 g/mol. The van der Waals surface area contributed by atoms with Crippen molar-refractivity contribution in [3.8, 4) is 34.4 Å².